The van der Waals surface area contributed by atoms with Gasteiger partial charge in [0.25, 0.3) is 5.91 Å². The van der Waals surface area contributed by atoms with Gasteiger partial charge in [-0.2, -0.15) is 0 Å². The van der Waals surface area contributed by atoms with Gasteiger partial charge in [-0.1, -0.05) is 6.07 Å². The van der Waals surface area contributed by atoms with Crippen molar-refractivity contribution >= 4 is 17.5 Å². The Morgan fingerprint density at radius 1 is 1.18 bits per heavy atom. The summed E-state index contributed by atoms with van der Waals surface area (Å²) in [5, 5.41) is 5.62. The zero-order valence-corrected chi connectivity index (χ0v) is 16.2. The Bertz CT molecular complexity index is 881. The molecule has 2 N–H and O–H groups in total. The fourth-order valence-corrected chi connectivity index (χ4v) is 3.05. The minimum absolute atomic E-state index is 0.0472. The number of carbonyl (C=O) groups is 2. The molecule has 148 valence electrons. The summed E-state index contributed by atoms with van der Waals surface area (Å²) < 4.78 is 16.3. The fraction of sp³-hybridized carbons (Fsp3) is 0.333. The van der Waals surface area contributed by atoms with Crippen LogP contribution >= 0.6 is 0 Å². The lowest BCUT2D eigenvalue weighted by atomic mass is 10.1. The molecule has 0 saturated carbocycles. The number of nitrogens with one attached hydrogen (secondary N) is 2. The molecular weight excluding hydrogens is 360 g/mol. The quantitative estimate of drug-likeness (QED) is 0.766. The molecule has 3 rings (SSSR count). The largest absolute Gasteiger partial charge is 0.497 e. The number of hydrogen-bond acceptors (Lipinski definition) is 5. The summed E-state index contributed by atoms with van der Waals surface area (Å²) in [4.78, 5) is 24.5. The third kappa shape index (κ3) is 4.54. The number of benzene rings is 2. The standard InChI is InChI=1S/C21H24N2O5/c1-13-4-6-18-16(10-13)23-21(25)19(28-18)12-20(24)22-9-8-14-11-15(26-2)5-7-17(14)27-3/h4-7,10-11,19H,8-9,12H2,1-3H3,(H,22,24)(H,23,25)/t19-/m1/s1. The lowest BCUT2D eigenvalue weighted by molar-refractivity contribution is -0.130. The number of rotatable bonds is 7. The molecule has 1 aliphatic rings. The van der Waals surface area contributed by atoms with Crippen molar-refractivity contribution in [1.29, 1.82) is 0 Å². The van der Waals surface area contributed by atoms with Crippen molar-refractivity contribution in [3.63, 3.8) is 0 Å². The maximum Gasteiger partial charge on any atom is 0.266 e. The third-order valence-corrected chi connectivity index (χ3v) is 4.53. The molecule has 1 heterocycles. The van der Waals surface area contributed by atoms with Crippen LogP contribution in [0.3, 0.4) is 0 Å². The number of amides is 2. The summed E-state index contributed by atoms with van der Waals surface area (Å²) in [5.41, 5.74) is 2.58. The van der Waals surface area contributed by atoms with Crippen molar-refractivity contribution in [3.05, 3.63) is 47.5 Å². The van der Waals surface area contributed by atoms with Crippen molar-refractivity contribution in [1.82, 2.24) is 5.32 Å². The Morgan fingerprint density at radius 2 is 2.00 bits per heavy atom. The van der Waals surface area contributed by atoms with Crippen LogP contribution in [0.15, 0.2) is 36.4 Å². The molecule has 2 aromatic rings. The first-order chi connectivity index (χ1) is 13.5. The summed E-state index contributed by atoms with van der Waals surface area (Å²) in [6.45, 7) is 2.34. The third-order valence-electron chi connectivity index (χ3n) is 4.53. The predicted molar refractivity (Wildman–Crippen MR) is 105 cm³/mol. The van der Waals surface area contributed by atoms with Crippen molar-refractivity contribution < 1.29 is 23.8 Å². The smallest absolute Gasteiger partial charge is 0.266 e. The van der Waals surface area contributed by atoms with E-state index in [1.165, 1.54) is 0 Å². The number of methoxy groups -OCH3 is 2. The summed E-state index contributed by atoms with van der Waals surface area (Å²) in [6.07, 6.45) is -0.318. The molecule has 7 heteroatoms. The van der Waals surface area contributed by atoms with Gasteiger partial charge in [-0.3, -0.25) is 9.59 Å². The Morgan fingerprint density at radius 3 is 2.75 bits per heavy atom. The van der Waals surface area contributed by atoms with Crippen LogP contribution in [0.4, 0.5) is 5.69 Å². The van der Waals surface area contributed by atoms with Crippen LogP contribution in [0.25, 0.3) is 0 Å². The molecule has 28 heavy (non-hydrogen) atoms. The maximum atomic E-state index is 12.3. The number of carbonyl (C=O) groups excluding carboxylic acids is 2. The summed E-state index contributed by atoms with van der Waals surface area (Å²) in [6, 6.07) is 11.1. The molecule has 1 aliphatic heterocycles. The number of ether oxygens (including phenoxy) is 3. The minimum Gasteiger partial charge on any atom is -0.497 e. The van der Waals surface area contributed by atoms with Gasteiger partial charge in [0.15, 0.2) is 6.10 Å². The predicted octanol–water partition coefficient (Wildman–Crippen LogP) is 2.46. The number of anilines is 1. The second kappa shape index (κ2) is 8.65. The van der Waals surface area contributed by atoms with Gasteiger partial charge >= 0.3 is 0 Å². The normalized spacial score (nSPS) is 15.1. The van der Waals surface area contributed by atoms with E-state index in [0.29, 0.717) is 24.4 Å². The van der Waals surface area contributed by atoms with E-state index in [0.717, 1.165) is 22.6 Å². The van der Waals surface area contributed by atoms with E-state index in [1.54, 1.807) is 20.3 Å². The lowest BCUT2D eigenvalue weighted by Gasteiger charge is -2.25. The molecule has 0 fully saturated rings. The average molecular weight is 384 g/mol. The van der Waals surface area contributed by atoms with E-state index in [2.05, 4.69) is 10.6 Å². The summed E-state index contributed by atoms with van der Waals surface area (Å²) in [5.74, 6) is 1.46. The Labute approximate surface area is 164 Å². The monoisotopic (exact) mass is 384 g/mol. The Balaban J connectivity index is 1.54. The van der Waals surface area contributed by atoms with E-state index in [-0.39, 0.29) is 18.2 Å². The van der Waals surface area contributed by atoms with Crippen LogP contribution in [0.1, 0.15) is 17.5 Å². The molecule has 2 aromatic carbocycles. The molecule has 2 amide bonds. The lowest BCUT2D eigenvalue weighted by Crippen LogP contribution is -2.41. The van der Waals surface area contributed by atoms with Crippen LogP contribution in [0, 0.1) is 6.92 Å². The average Bonchev–Trinajstić information content (AvgIpc) is 2.68. The van der Waals surface area contributed by atoms with E-state index in [9.17, 15) is 9.59 Å². The van der Waals surface area contributed by atoms with E-state index in [1.807, 2.05) is 37.3 Å². The molecule has 1 atom stereocenters. The highest BCUT2D eigenvalue weighted by Gasteiger charge is 2.29. The van der Waals surface area contributed by atoms with Gasteiger partial charge in [0.05, 0.1) is 26.3 Å². The SMILES string of the molecule is COc1ccc(OC)c(CCNC(=O)C[C@H]2Oc3ccc(C)cc3NC2=O)c1. The van der Waals surface area contributed by atoms with Gasteiger partial charge < -0.3 is 24.8 Å². The molecule has 0 aliphatic carbocycles. The maximum absolute atomic E-state index is 12.3. The van der Waals surface area contributed by atoms with Gasteiger partial charge in [0.2, 0.25) is 5.91 Å². The van der Waals surface area contributed by atoms with Gasteiger partial charge in [0.1, 0.15) is 17.2 Å². The van der Waals surface area contributed by atoms with E-state index in [4.69, 9.17) is 14.2 Å². The van der Waals surface area contributed by atoms with Gasteiger partial charge in [0, 0.05) is 6.54 Å². The molecule has 7 nitrogen and oxygen atoms in total. The Hall–Kier alpha value is -3.22. The highest BCUT2D eigenvalue weighted by Crippen LogP contribution is 2.31. The highest BCUT2D eigenvalue weighted by molar-refractivity contribution is 6.00. The molecule has 0 bridgehead atoms. The zero-order chi connectivity index (χ0) is 20.1. The fourth-order valence-electron chi connectivity index (χ4n) is 3.05. The topological polar surface area (TPSA) is 85.9 Å². The molecular formula is C21H24N2O5. The van der Waals surface area contributed by atoms with Crippen LogP contribution < -0.4 is 24.8 Å². The van der Waals surface area contributed by atoms with Gasteiger partial charge in [-0.15, -0.1) is 0 Å². The first-order valence-corrected chi connectivity index (χ1v) is 9.06. The highest BCUT2D eigenvalue weighted by atomic mass is 16.5. The van der Waals surface area contributed by atoms with E-state index < -0.39 is 6.10 Å². The van der Waals surface area contributed by atoms with Crippen molar-refractivity contribution in [2.75, 3.05) is 26.1 Å². The van der Waals surface area contributed by atoms with Crippen LogP contribution in [-0.4, -0.2) is 38.7 Å². The van der Waals surface area contributed by atoms with Crippen LogP contribution in [0.2, 0.25) is 0 Å². The first-order valence-electron chi connectivity index (χ1n) is 9.06. The first kappa shape index (κ1) is 19.5. The molecule has 0 unspecified atom stereocenters. The number of hydrogen-bond donors (Lipinski definition) is 2. The zero-order valence-electron chi connectivity index (χ0n) is 16.2. The minimum atomic E-state index is -0.846. The van der Waals surface area contributed by atoms with E-state index >= 15 is 0 Å². The molecule has 0 saturated heterocycles. The van der Waals surface area contributed by atoms with Crippen LogP contribution in [0.5, 0.6) is 17.2 Å². The molecule has 0 radical (unpaired) electrons. The van der Waals surface area contributed by atoms with Crippen molar-refractivity contribution in [3.8, 4) is 17.2 Å². The van der Waals surface area contributed by atoms with Crippen LogP contribution in [-0.2, 0) is 16.0 Å². The molecule has 0 spiro atoms. The Kier molecular flexibility index (Phi) is 6.03. The molecule has 0 aromatic heterocycles. The van der Waals surface area contributed by atoms with Crippen molar-refractivity contribution in [2.45, 2.75) is 25.9 Å². The van der Waals surface area contributed by atoms with Gasteiger partial charge in [-0.05, 0) is 54.8 Å². The summed E-state index contributed by atoms with van der Waals surface area (Å²) in [7, 11) is 3.20. The second-order valence-electron chi connectivity index (χ2n) is 6.58. The second-order valence-corrected chi connectivity index (χ2v) is 6.58. The summed E-state index contributed by atoms with van der Waals surface area (Å²) >= 11 is 0. The van der Waals surface area contributed by atoms with Gasteiger partial charge in [-0.25, -0.2) is 0 Å². The number of fused-ring (bicyclic) bond motifs is 1. The number of aryl methyl sites for hydroxylation is 1. The van der Waals surface area contributed by atoms with Crippen molar-refractivity contribution in [2.24, 2.45) is 0 Å².